The Morgan fingerprint density at radius 2 is 1.95 bits per heavy atom. The predicted octanol–water partition coefficient (Wildman–Crippen LogP) is 4.06. The van der Waals surface area contributed by atoms with Crippen LogP contribution in [0.2, 0.25) is 0 Å². The smallest absolute Gasteiger partial charge is 0.338 e. The van der Waals surface area contributed by atoms with Gasteiger partial charge in [-0.3, -0.25) is 14.2 Å². The summed E-state index contributed by atoms with van der Waals surface area (Å²) in [5, 5.41) is 0. The Labute approximate surface area is 241 Å². The zero-order valence-corrected chi connectivity index (χ0v) is 25.2. The maximum Gasteiger partial charge on any atom is 0.338 e. The molecule has 0 fully saturated rings. The number of thioether (sulfide) groups is 1. The van der Waals surface area contributed by atoms with E-state index in [0.29, 0.717) is 41.2 Å². The predicted molar refractivity (Wildman–Crippen MR) is 156 cm³/mol. The second-order valence-corrected chi connectivity index (χ2v) is 11.3. The molecule has 38 heavy (non-hydrogen) atoms. The molecule has 0 unspecified atom stereocenters. The Balaban J connectivity index is 1.91. The fourth-order valence-corrected chi connectivity index (χ4v) is 6.30. The van der Waals surface area contributed by atoms with Gasteiger partial charge in [0.2, 0.25) is 0 Å². The molecule has 0 bridgehead atoms. The number of benzene rings is 2. The van der Waals surface area contributed by atoms with Gasteiger partial charge in [-0.2, -0.15) is 0 Å². The average molecular weight is 665 g/mol. The molecule has 0 radical (unpaired) electrons. The third-order valence-corrected chi connectivity index (χ3v) is 8.27. The molecule has 1 aliphatic rings. The highest BCUT2D eigenvalue weighted by atomic mass is 127. The molecule has 198 valence electrons. The summed E-state index contributed by atoms with van der Waals surface area (Å²) in [7, 11) is 1.48. The van der Waals surface area contributed by atoms with Crippen LogP contribution in [0.5, 0.6) is 11.5 Å². The lowest BCUT2D eigenvalue weighted by Crippen LogP contribution is -2.39. The van der Waals surface area contributed by atoms with Gasteiger partial charge < -0.3 is 14.2 Å². The summed E-state index contributed by atoms with van der Waals surface area (Å²) >= 11 is 4.91. The Morgan fingerprint density at radius 3 is 2.55 bits per heavy atom. The van der Waals surface area contributed by atoms with Crippen LogP contribution in [0.1, 0.15) is 37.9 Å². The quantitative estimate of drug-likeness (QED) is 0.163. The second-order valence-electron chi connectivity index (χ2n) is 8.20. The summed E-state index contributed by atoms with van der Waals surface area (Å²) in [5.41, 5.74) is 2.05. The van der Waals surface area contributed by atoms with Gasteiger partial charge in [0.25, 0.3) is 5.56 Å². The lowest BCUT2D eigenvalue weighted by molar-refractivity contribution is -0.139. The van der Waals surface area contributed by atoms with Crippen molar-refractivity contribution in [2.45, 2.75) is 31.7 Å². The normalized spacial score (nSPS) is 15.1. The van der Waals surface area contributed by atoms with E-state index >= 15 is 0 Å². The first-order valence-electron chi connectivity index (χ1n) is 11.6. The van der Waals surface area contributed by atoms with Gasteiger partial charge in [0.1, 0.15) is 0 Å². The number of ether oxygens (including phenoxy) is 3. The molecule has 1 aliphatic heterocycles. The van der Waals surface area contributed by atoms with E-state index in [1.54, 1.807) is 48.4 Å². The monoisotopic (exact) mass is 664 g/mol. The third kappa shape index (κ3) is 5.59. The summed E-state index contributed by atoms with van der Waals surface area (Å²) < 4.78 is 18.7. The number of aromatic nitrogens is 1. The molecule has 0 aliphatic carbocycles. The zero-order valence-electron chi connectivity index (χ0n) is 21.4. The van der Waals surface area contributed by atoms with Crippen molar-refractivity contribution in [2.75, 3.05) is 20.0 Å². The number of fused-ring (bicyclic) bond motifs is 1. The van der Waals surface area contributed by atoms with Crippen LogP contribution < -0.4 is 24.4 Å². The van der Waals surface area contributed by atoms with Gasteiger partial charge in [0, 0.05) is 11.8 Å². The topological polar surface area (TPSA) is 96.2 Å². The van der Waals surface area contributed by atoms with Crippen LogP contribution in [-0.4, -0.2) is 36.5 Å². The van der Waals surface area contributed by atoms with E-state index in [9.17, 15) is 14.4 Å². The first-order valence-corrected chi connectivity index (χ1v) is 14.7. The van der Waals surface area contributed by atoms with Crippen LogP contribution in [-0.2, 0) is 14.3 Å². The molecular formula is C27H25IN2O6S2. The number of carbonyl (C=O) groups is 2. The fourth-order valence-electron chi connectivity index (χ4n) is 4.11. The maximum absolute atomic E-state index is 13.8. The molecule has 2 aromatic carbocycles. The highest BCUT2D eigenvalue weighted by molar-refractivity contribution is 14.1. The van der Waals surface area contributed by atoms with E-state index in [0.717, 1.165) is 10.5 Å². The minimum Gasteiger partial charge on any atom is -0.493 e. The Morgan fingerprint density at radius 1 is 1.24 bits per heavy atom. The number of thiazole rings is 1. The van der Waals surface area contributed by atoms with Crippen molar-refractivity contribution < 1.29 is 23.8 Å². The molecule has 1 aromatic heterocycles. The molecule has 0 spiro atoms. The molecular weight excluding hydrogens is 639 g/mol. The lowest BCUT2D eigenvalue weighted by Gasteiger charge is -2.24. The number of nitrogens with zero attached hydrogens (tertiary/aromatic N) is 2. The molecule has 0 saturated heterocycles. The van der Waals surface area contributed by atoms with Crippen molar-refractivity contribution in [3.8, 4) is 11.5 Å². The van der Waals surface area contributed by atoms with Crippen LogP contribution in [0.3, 0.4) is 0 Å². The first-order chi connectivity index (χ1) is 18.2. The number of hydrogen-bond donors (Lipinski definition) is 0. The number of rotatable bonds is 7. The van der Waals surface area contributed by atoms with Crippen molar-refractivity contribution in [1.29, 1.82) is 0 Å². The second kappa shape index (κ2) is 11.9. The van der Waals surface area contributed by atoms with Crippen LogP contribution in [0.25, 0.3) is 6.08 Å². The maximum atomic E-state index is 13.8. The van der Waals surface area contributed by atoms with Crippen molar-refractivity contribution in [1.82, 2.24) is 4.57 Å². The minimum absolute atomic E-state index is 0.210. The van der Waals surface area contributed by atoms with Gasteiger partial charge in [-0.15, -0.1) is 11.8 Å². The summed E-state index contributed by atoms with van der Waals surface area (Å²) in [5.74, 6) is -0.260. The molecule has 0 amide bonds. The molecule has 2 heterocycles. The van der Waals surface area contributed by atoms with E-state index in [4.69, 9.17) is 14.2 Å². The van der Waals surface area contributed by atoms with Crippen LogP contribution >= 0.6 is 45.7 Å². The van der Waals surface area contributed by atoms with E-state index in [-0.39, 0.29) is 12.2 Å². The van der Waals surface area contributed by atoms with E-state index in [2.05, 4.69) is 27.6 Å². The Bertz CT molecular complexity index is 1620. The van der Waals surface area contributed by atoms with Gasteiger partial charge in [-0.05, 0) is 84.2 Å². The van der Waals surface area contributed by atoms with Crippen molar-refractivity contribution in [3.63, 3.8) is 0 Å². The number of allylic oxidation sites excluding steroid dienone is 1. The van der Waals surface area contributed by atoms with Gasteiger partial charge in [-0.1, -0.05) is 23.5 Å². The summed E-state index contributed by atoms with van der Waals surface area (Å²) in [6.45, 7) is 5.03. The highest BCUT2D eigenvalue weighted by Crippen LogP contribution is 2.35. The molecule has 4 rings (SSSR count). The summed E-state index contributed by atoms with van der Waals surface area (Å²) in [6, 6.07) is 10.6. The van der Waals surface area contributed by atoms with E-state index in [1.165, 1.54) is 25.4 Å². The van der Waals surface area contributed by atoms with E-state index in [1.807, 2.05) is 30.5 Å². The molecule has 8 nitrogen and oxygen atoms in total. The van der Waals surface area contributed by atoms with Gasteiger partial charge >= 0.3 is 11.9 Å². The zero-order chi connectivity index (χ0) is 27.6. The van der Waals surface area contributed by atoms with Gasteiger partial charge in [0.05, 0.1) is 39.1 Å². The van der Waals surface area contributed by atoms with Gasteiger partial charge in [-0.25, -0.2) is 9.79 Å². The lowest BCUT2D eigenvalue weighted by atomic mass is 9.96. The van der Waals surface area contributed by atoms with Crippen molar-refractivity contribution >= 4 is 63.7 Å². The largest absolute Gasteiger partial charge is 0.493 e. The minimum atomic E-state index is -0.677. The molecule has 1 atom stereocenters. The molecule has 0 saturated carbocycles. The average Bonchev–Trinajstić information content (AvgIpc) is 3.18. The molecule has 3 aromatic rings. The fraction of sp³-hybridized carbons (Fsp3) is 0.259. The number of esters is 2. The SMILES string of the molecule is CCOC(=O)C1=C(C)N=c2s/c(=C\c3cc(I)c(OC(C)=O)c(OC)c3)c(=O)n2[C@@H]1c1ccc(SC)cc1. The Hall–Kier alpha value is -2.90. The van der Waals surface area contributed by atoms with Crippen molar-refractivity contribution in [2.24, 2.45) is 4.99 Å². The first kappa shape index (κ1) is 28.1. The van der Waals surface area contributed by atoms with Crippen LogP contribution in [0.15, 0.2) is 62.4 Å². The number of carbonyl (C=O) groups excluding carboxylic acids is 2. The van der Waals surface area contributed by atoms with Crippen molar-refractivity contribution in [3.05, 3.63) is 82.1 Å². The Kier molecular flexibility index (Phi) is 8.78. The third-order valence-electron chi connectivity index (χ3n) is 5.74. The number of methoxy groups -OCH3 is 1. The number of hydrogen-bond acceptors (Lipinski definition) is 9. The highest BCUT2D eigenvalue weighted by Gasteiger charge is 2.33. The van der Waals surface area contributed by atoms with E-state index < -0.39 is 18.0 Å². The molecule has 11 heteroatoms. The molecule has 0 N–H and O–H groups in total. The number of halogens is 1. The summed E-state index contributed by atoms with van der Waals surface area (Å²) in [4.78, 5) is 44.5. The van der Waals surface area contributed by atoms with Crippen LogP contribution in [0, 0.1) is 3.57 Å². The van der Waals surface area contributed by atoms with Crippen LogP contribution in [0.4, 0.5) is 0 Å². The summed E-state index contributed by atoms with van der Waals surface area (Å²) in [6.07, 6.45) is 3.73. The standard InChI is InChI=1S/C27H25IN2O6S2/c1-6-35-26(33)22-14(2)29-27-30(23(22)17-7-9-18(37-5)10-8-17)25(32)21(38-27)13-16-11-19(28)24(36-15(3)31)20(12-16)34-4/h7-13,23H,6H2,1-5H3/b21-13-/t23-/m1/s1. The van der Waals surface area contributed by atoms with Gasteiger partial charge in [0.15, 0.2) is 16.3 Å².